The van der Waals surface area contributed by atoms with Crippen molar-refractivity contribution in [2.24, 2.45) is 5.73 Å². The summed E-state index contributed by atoms with van der Waals surface area (Å²) in [4.78, 5) is 11.9. The van der Waals surface area contributed by atoms with E-state index in [9.17, 15) is 4.79 Å². The lowest BCUT2D eigenvalue weighted by Gasteiger charge is -2.08. The molecule has 6 N–H and O–H groups in total. The van der Waals surface area contributed by atoms with E-state index >= 15 is 0 Å². The number of rotatable bonds is 24. The summed E-state index contributed by atoms with van der Waals surface area (Å²) in [7, 11) is 0. The van der Waals surface area contributed by atoms with Crippen LogP contribution in [0.5, 0.6) is 0 Å². The molecule has 0 saturated heterocycles. The Morgan fingerprint density at radius 3 is 1.84 bits per heavy atom. The SMILES string of the molecule is CC/C=C/C/C=C/C/C=C/CCCCCCCC(=O)NCCNCCNCCNCCN. The Labute approximate surface area is 197 Å². The van der Waals surface area contributed by atoms with Crippen LogP contribution in [-0.4, -0.2) is 58.3 Å². The van der Waals surface area contributed by atoms with Gasteiger partial charge < -0.3 is 27.0 Å². The molecule has 186 valence electrons. The van der Waals surface area contributed by atoms with Crippen molar-refractivity contribution in [3.63, 3.8) is 0 Å². The molecule has 0 spiro atoms. The first-order chi connectivity index (χ1) is 15.8. The first-order valence-electron chi connectivity index (χ1n) is 12.8. The van der Waals surface area contributed by atoms with Crippen LogP contribution in [0, 0.1) is 0 Å². The Morgan fingerprint density at radius 2 is 1.19 bits per heavy atom. The Kier molecular flexibility index (Phi) is 26.3. The van der Waals surface area contributed by atoms with Gasteiger partial charge >= 0.3 is 0 Å². The lowest BCUT2D eigenvalue weighted by Crippen LogP contribution is -2.36. The average Bonchev–Trinajstić information content (AvgIpc) is 2.80. The highest BCUT2D eigenvalue weighted by molar-refractivity contribution is 5.75. The van der Waals surface area contributed by atoms with E-state index < -0.39 is 0 Å². The number of amides is 1. The van der Waals surface area contributed by atoms with Crippen LogP contribution in [0.25, 0.3) is 0 Å². The molecule has 0 aromatic heterocycles. The molecular formula is C26H51N5O. The first-order valence-corrected chi connectivity index (χ1v) is 12.8. The molecule has 1 amide bonds. The average molecular weight is 450 g/mol. The minimum atomic E-state index is 0.178. The van der Waals surface area contributed by atoms with E-state index in [2.05, 4.69) is 64.6 Å². The number of allylic oxidation sites excluding steroid dienone is 6. The van der Waals surface area contributed by atoms with E-state index in [1.165, 1.54) is 19.3 Å². The van der Waals surface area contributed by atoms with Crippen molar-refractivity contribution in [1.82, 2.24) is 21.3 Å². The molecule has 0 aromatic rings. The van der Waals surface area contributed by atoms with Crippen molar-refractivity contribution in [3.05, 3.63) is 36.5 Å². The highest BCUT2D eigenvalue weighted by Gasteiger charge is 2.00. The summed E-state index contributed by atoms with van der Waals surface area (Å²) in [6, 6.07) is 0. The van der Waals surface area contributed by atoms with Gasteiger partial charge in [0.1, 0.15) is 0 Å². The van der Waals surface area contributed by atoms with E-state index in [-0.39, 0.29) is 5.91 Å². The summed E-state index contributed by atoms with van der Waals surface area (Å²) in [6.07, 6.45) is 24.3. The minimum absolute atomic E-state index is 0.178. The van der Waals surface area contributed by atoms with Crippen molar-refractivity contribution in [3.8, 4) is 0 Å². The van der Waals surface area contributed by atoms with Crippen LogP contribution < -0.4 is 27.0 Å². The maximum absolute atomic E-state index is 11.9. The molecule has 6 nitrogen and oxygen atoms in total. The maximum Gasteiger partial charge on any atom is 0.220 e. The molecule has 32 heavy (non-hydrogen) atoms. The van der Waals surface area contributed by atoms with E-state index in [0.29, 0.717) is 19.5 Å². The predicted molar refractivity (Wildman–Crippen MR) is 140 cm³/mol. The van der Waals surface area contributed by atoms with Crippen molar-refractivity contribution in [2.75, 3.05) is 52.4 Å². The highest BCUT2D eigenvalue weighted by atomic mass is 16.1. The zero-order chi connectivity index (χ0) is 23.4. The fourth-order valence-electron chi connectivity index (χ4n) is 3.11. The van der Waals surface area contributed by atoms with Gasteiger partial charge in [0.25, 0.3) is 0 Å². The second-order valence-electron chi connectivity index (χ2n) is 7.99. The third-order valence-electron chi connectivity index (χ3n) is 4.96. The molecule has 0 aliphatic rings. The maximum atomic E-state index is 11.9. The molecule has 0 rings (SSSR count). The molecule has 0 unspecified atom stereocenters. The van der Waals surface area contributed by atoms with Crippen LogP contribution in [0.15, 0.2) is 36.5 Å². The van der Waals surface area contributed by atoms with Gasteiger partial charge in [-0.05, 0) is 38.5 Å². The smallest absolute Gasteiger partial charge is 0.220 e. The summed E-state index contributed by atoms with van der Waals surface area (Å²) in [5.41, 5.74) is 5.41. The third kappa shape index (κ3) is 26.6. The van der Waals surface area contributed by atoms with Crippen LogP contribution in [-0.2, 0) is 4.79 Å². The summed E-state index contributed by atoms with van der Waals surface area (Å²) in [6.45, 7) is 8.97. The second kappa shape index (κ2) is 27.6. The zero-order valence-electron chi connectivity index (χ0n) is 20.7. The van der Waals surface area contributed by atoms with Gasteiger partial charge in [-0.1, -0.05) is 62.6 Å². The molecule has 0 aromatic carbocycles. The van der Waals surface area contributed by atoms with Crippen LogP contribution in [0.2, 0.25) is 0 Å². The van der Waals surface area contributed by atoms with E-state index in [1.54, 1.807) is 0 Å². The van der Waals surface area contributed by atoms with Gasteiger partial charge in [0.2, 0.25) is 5.91 Å². The number of carbonyl (C=O) groups is 1. The van der Waals surface area contributed by atoms with Gasteiger partial charge in [0.05, 0.1) is 0 Å². The molecular weight excluding hydrogens is 398 g/mol. The van der Waals surface area contributed by atoms with Crippen molar-refractivity contribution < 1.29 is 4.79 Å². The van der Waals surface area contributed by atoms with Gasteiger partial charge in [-0.2, -0.15) is 0 Å². The van der Waals surface area contributed by atoms with E-state index in [4.69, 9.17) is 5.73 Å². The fraction of sp³-hybridized carbons (Fsp3) is 0.731. The monoisotopic (exact) mass is 449 g/mol. The molecule has 0 aliphatic carbocycles. The van der Waals surface area contributed by atoms with Crippen molar-refractivity contribution >= 4 is 5.91 Å². The van der Waals surface area contributed by atoms with E-state index in [0.717, 1.165) is 77.8 Å². The summed E-state index contributed by atoms with van der Waals surface area (Å²) < 4.78 is 0. The van der Waals surface area contributed by atoms with Gasteiger partial charge in [-0.15, -0.1) is 0 Å². The lowest BCUT2D eigenvalue weighted by atomic mass is 10.1. The zero-order valence-corrected chi connectivity index (χ0v) is 20.7. The number of nitrogens with two attached hydrogens (primary N) is 1. The third-order valence-corrected chi connectivity index (χ3v) is 4.96. The standard InChI is InChI=1S/C26H51N5O/c1-2-3-4-5-6-7-8-9-10-11-12-13-14-15-16-17-26(32)31-25-24-30-23-22-29-21-20-28-19-18-27/h3-4,6-7,9-10,28-30H,2,5,8,11-25,27H2,1H3,(H,31,32)/b4-3+,7-6+,10-9+. The number of hydrogen-bond acceptors (Lipinski definition) is 5. The van der Waals surface area contributed by atoms with E-state index in [1.807, 2.05) is 0 Å². The molecule has 0 radical (unpaired) electrons. The number of unbranched alkanes of at least 4 members (excludes halogenated alkanes) is 5. The normalized spacial score (nSPS) is 11.9. The Morgan fingerprint density at radius 1 is 0.656 bits per heavy atom. The number of hydrogen-bond donors (Lipinski definition) is 5. The minimum Gasteiger partial charge on any atom is -0.355 e. The van der Waals surface area contributed by atoms with Gasteiger partial charge in [0, 0.05) is 58.8 Å². The Bertz CT molecular complexity index is 477. The molecule has 0 aliphatic heterocycles. The van der Waals surface area contributed by atoms with Crippen LogP contribution in [0.1, 0.15) is 71.1 Å². The topological polar surface area (TPSA) is 91.2 Å². The molecule has 0 saturated carbocycles. The summed E-state index contributed by atoms with van der Waals surface area (Å²) in [5, 5.41) is 12.9. The van der Waals surface area contributed by atoms with Crippen molar-refractivity contribution in [2.45, 2.75) is 71.1 Å². The first kappa shape index (κ1) is 30.5. The molecule has 0 fully saturated rings. The second-order valence-corrected chi connectivity index (χ2v) is 7.99. The molecule has 6 heteroatoms. The largest absolute Gasteiger partial charge is 0.355 e. The van der Waals surface area contributed by atoms with Crippen LogP contribution in [0.3, 0.4) is 0 Å². The number of carbonyl (C=O) groups excluding carboxylic acids is 1. The molecule has 0 atom stereocenters. The predicted octanol–water partition coefficient (Wildman–Crippen LogP) is 3.42. The lowest BCUT2D eigenvalue weighted by molar-refractivity contribution is -0.121. The Hall–Kier alpha value is -1.47. The van der Waals surface area contributed by atoms with Crippen molar-refractivity contribution in [1.29, 1.82) is 0 Å². The highest BCUT2D eigenvalue weighted by Crippen LogP contribution is 2.08. The van der Waals surface area contributed by atoms with Gasteiger partial charge in [-0.3, -0.25) is 4.79 Å². The van der Waals surface area contributed by atoms with Crippen LogP contribution >= 0.6 is 0 Å². The quantitative estimate of drug-likeness (QED) is 0.115. The van der Waals surface area contributed by atoms with Gasteiger partial charge in [-0.25, -0.2) is 0 Å². The molecule has 0 bridgehead atoms. The number of nitrogens with one attached hydrogen (secondary N) is 4. The summed E-state index contributed by atoms with van der Waals surface area (Å²) in [5.74, 6) is 0.178. The fourth-order valence-corrected chi connectivity index (χ4v) is 3.11. The Balaban J connectivity index is 3.26. The molecule has 0 heterocycles. The van der Waals surface area contributed by atoms with Gasteiger partial charge in [0.15, 0.2) is 0 Å². The van der Waals surface area contributed by atoms with Crippen LogP contribution in [0.4, 0.5) is 0 Å². The summed E-state index contributed by atoms with van der Waals surface area (Å²) >= 11 is 0.